The molecule has 4 rings (SSSR count). The highest BCUT2D eigenvalue weighted by Crippen LogP contribution is 2.36. The Kier molecular flexibility index (Phi) is 3.39. The third kappa shape index (κ3) is 2.33. The molecule has 23 heavy (non-hydrogen) atoms. The van der Waals surface area contributed by atoms with E-state index >= 15 is 0 Å². The number of pyridine rings is 1. The lowest BCUT2D eigenvalue weighted by Gasteiger charge is -2.42. The first kappa shape index (κ1) is 14.7. The quantitative estimate of drug-likeness (QED) is 0.864. The molecule has 0 saturated carbocycles. The highest BCUT2D eigenvalue weighted by atomic mass is 16.5. The van der Waals surface area contributed by atoms with Crippen LogP contribution in [0.1, 0.15) is 35.4 Å². The van der Waals surface area contributed by atoms with Gasteiger partial charge in [0.05, 0.1) is 5.60 Å². The zero-order valence-electron chi connectivity index (χ0n) is 13.2. The minimum atomic E-state index is -0.624. The molecule has 6 nitrogen and oxygen atoms in total. The van der Waals surface area contributed by atoms with Gasteiger partial charge in [-0.3, -0.25) is 4.79 Å². The molecule has 2 fully saturated rings. The number of hydrogen-bond acceptors (Lipinski definition) is 4. The van der Waals surface area contributed by atoms with E-state index in [0.29, 0.717) is 31.8 Å². The van der Waals surface area contributed by atoms with E-state index in [0.717, 1.165) is 24.2 Å². The lowest BCUT2D eigenvalue weighted by atomic mass is 9.86. The molecular formula is C17H21N3O3. The van der Waals surface area contributed by atoms with Gasteiger partial charge in [0.15, 0.2) is 0 Å². The highest BCUT2D eigenvalue weighted by molar-refractivity contribution is 5.93. The van der Waals surface area contributed by atoms with Crippen molar-refractivity contribution in [1.82, 2.24) is 14.3 Å². The molecule has 1 N–H and O–H groups in total. The smallest absolute Gasteiger partial charge is 0.274 e. The number of aliphatic hydroxyl groups excluding tert-OH is 1. The highest BCUT2D eigenvalue weighted by Gasteiger charge is 2.46. The maximum Gasteiger partial charge on any atom is 0.274 e. The van der Waals surface area contributed by atoms with E-state index in [-0.39, 0.29) is 5.91 Å². The van der Waals surface area contributed by atoms with Crippen molar-refractivity contribution in [1.29, 1.82) is 0 Å². The number of rotatable bonds is 1. The van der Waals surface area contributed by atoms with Gasteiger partial charge in [-0.2, -0.15) is 0 Å². The molecule has 6 heteroatoms. The van der Waals surface area contributed by atoms with E-state index in [1.807, 2.05) is 29.5 Å². The van der Waals surface area contributed by atoms with Gasteiger partial charge in [-0.25, -0.2) is 4.98 Å². The van der Waals surface area contributed by atoms with Crippen LogP contribution in [-0.2, 0) is 4.74 Å². The first-order chi connectivity index (χ1) is 11.1. The second kappa shape index (κ2) is 5.32. The van der Waals surface area contributed by atoms with Crippen LogP contribution in [0.3, 0.4) is 0 Å². The number of ether oxygens (including phenoxy) is 1. The van der Waals surface area contributed by atoms with Crippen molar-refractivity contribution in [3.63, 3.8) is 0 Å². The molecule has 0 aromatic carbocycles. The molecular weight excluding hydrogens is 294 g/mol. The third-order valence-corrected chi connectivity index (χ3v) is 5.14. The van der Waals surface area contributed by atoms with Gasteiger partial charge >= 0.3 is 0 Å². The van der Waals surface area contributed by atoms with Gasteiger partial charge in [-0.15, -0.1) is 0 Å². The SMILES string of the molecule is Cc1cccc2nc(C(=O)N3CC[C@@]4(CCCO4)[C@@H](O)C3)cn12. The lowest BCUT2D eigenvalue weighted by Crippen LogP contribution is -2.56. The first-order valence-corrected chi connectivity index (χ1v) is 8.15. The van der Waals surface area contributed by atoms with E-state index in [1.165, 1.54) is 0 Å². The van der Waals surface area contributed by atoms with Gasteiger partial charge in [-0.1, -0.05) is 6.07 Å². The largest absolute Gasteiger partial charge is 0.388 e. The molecule has 0 unspecified atom stereocenters. The van der Waals surface area contributed by atoms with Crippen molar-refractivity contribution in [2.75, 3.05) is 19.7 Å². The Morgan fingerprint density at radius 2 is 2.30 bits per heavy atom. The second-order valence-corrected chi connectivity index (χ2v) is 6.56. The summed E-state index contributed by atoms with van der Waals surface area (Å²) in [5, 5.41) is 10.5. The van der Waals surface area contributed by atoms with E-state index in [9.17, 15) is 9.90 Å². The molecule has 1 amide bonds. The number of nitrogens with zero attached hydrogens (tertiary/aromatic N) is 3. The van der Waals surface area contributed by atoms with Crippen molar-refractivity contribution in [2.45, 2.75) is 37.9 Å². The van der Waals surface area contributed by atoms with Gasteiger partial charge < -0.3 is 19.1 Å². The summed E-state index contributed by atoms with van der Waals surface area (Å²) in [6.45, 7) is 3.60. The van der Waals surface area contributed by atoms with Gasteiger partial charge in [0.1, 0.15) is 17.4 Å². The summed E-state index contributed by atoms with van der Waals surface area (Å²) in [6, 6.07) is 5.79. The van der Waals surface area contributed by atoms with Crippen LogP contribution in [0.25, 0.3) is 5.65 Å². The molecule has 0 bridgehead atoms. The number of likely N-dealkylation sites (tertiary alicyclic amines) is 1. The van der Waals surface area contributed by atoms with Crippen LogP contribution < -0.4 is 0 Å². The zero-order valence-corrected chi connectivity index (χ0v) is 13.2. The fraction of sp³-hybridized carbons (Fsp3) is 0.529. The Labute approximate surface area is 134 Å². The Morgan fingerprint density at radius 3 is 3.00 bits per heavy atom. The fourth-order valence-corrected chi connectivity index (χ4v) is 3.73. The molecule has 0 aliphatic carbocycles. The Balaban J connectivity index is 1.56. The van der Waals surface area contributed by atoms with E-state index < -0.39 is 11.7 Å². The summed E-state index contributed by atoms with van der Waals surface area (Å²) in [6.07, 6.45) is 3.70. The normalized spacial score (nSPS) is 27.9. The summed E-state index contributed by atoms with van der Waals surface area (Å²) in [7, 11) is 0. The Morgan fingerprint density at radius 1 is 1.43 bits per heavy atom. The van der Waals surface area contributed by atoms with Crippen molar-refractivity contribution in [2.24, 2.45) is 0 Å². The number of imidazole rings is 1. The summed E-state index contributed by atoms with van der Waals surface area (Å²) < 4.78 is 7.70. The number of β-amino-alcohol motifs (C(OH)–C–C–N with tert-alkyl or cyclic N) is 1. The first-order valence-electron chi connectivity index (χ1n) is 8.15. The summed E-state index contributed by atoms with van der Waals surface area (Å²) in [5.41, 5.74) is 1.79. The summed E-state index contributed by atoms with van der Waals surface area (Å²) in [4.78, 5) is 18.8. The third-order valence-electron chi connectivity index (χ3n) is 5.14. The summed E-state index contributed by atoms with van der Waals surface area (Å²) in [5.74, 6) is -0.125. The number of aryl methyl sites for hydroxylation is 1. The molecule has 4 heterocycles. The number of amides is 1. The van der Waals surface area contributed by atoms with Crippen LogP contribution >= 0.6 is 0 Å². The van der Waals surface area contributed by atoms with Crippen LogP contribution in [0, 0.1) is 6.92 Å². The average Bonchev–Trinajstić information content (AvgIpc) is 3.18. The number of fused-ring (bicyclic) bond motifs is 1. The van der Waals surface area contributed by atoms with E-state index in [4.69, 9.17) is 4.74 Å². The predicted molar refractivity (Wildman–Crippen MR) is 84.4 cm³/mol. The average molecular weight is 315 g/mol. The van der Waals surface area contributed by atoms with Crippen molar-refractivity contribution < 1.29 is 14.6 Å². The molecule has 1 spiro atoms. The Hall–Kier alpha value is -1.92. The lowest BCUT2D eigenvalue weighted by molar-refractivity contribution is -0.123. The van der Waals surface area contributed by atoms with Crippen molar-refractivity contribution in [3.05, 3.63) is 35.8 Å². The van der Waals surface area contributed by atoms with Crippen LogP contribution in [0.5, 0.6) is 0 Å². The molecule has 2 aliphatic heterocycles. The van der Waals surface area contributed by atoms with Crippen molar-refractivity contribution >= 4 is 11.6 Å². The van der Waals surface area contributed by atoms with Crippen LogP contribution in [0.4, 0.5) is 0 Å². The number of aliphatic hydroxyl groups is 1. The van der Waals surface area contributed by atoms with E-state index in [2.05, 4.69) is 4.98 Å². The number of aromatic nitrogens is 2. The van der Waals surface area contributed by atoms with Gasteiger partial charge in [0, 0.05) is 31.6 Å². The molecule has 2 atom stereocenters. The minimum Gasteiger partial charge on any atom is -0.388 e. The van der Waals surface area contributed by atoms with Gasteiger partial charge in [-0.05, 0) is 38.3 Å². The topological polar surface area (TPSA) is 67.1 Å². The number of hydrogen-bond donors (Lipinski definition) is 1. The Bertz CT molecular complexity index is 749. The molecule has 0 radical (unpaired) electrons. The monoisotopic (exact) mass is 315 g/mol. The summed E-state index contributed by atoms with van der Waals surface area (Å²) >= 11 is 0. The number of carbonyl (C=O) groups is 1. The van der Waals surface area contributed by atoms with E-state index in [1.54, 1.807) is 11.1 Å². The number of piperidine rings is 1. The van der Waals surface area contributed by atoms with Crippen LogP contribution in [0.15, 0.2) is 24.4 Å². The van der Waals surface area contributed by atoms with Crippen molar-refractivity contribution in [3.8, 4) is 0 Å². The second-order valence-electron chi connectivity index (χ2n) is 6.56. The maximum absolute atomic E-state index is 12.7. The van der Waals surface area contributed by atoms with Gasteiger partial charge in [0.25, 0.3) is 5.91 Å². The predicted octanol–water partition coefficient (Wildman–Crippen LogP) is 1.40. The molecule has 122 valence electrons. The molecule has 2 aromatic heterocycles. The van der Waals surface area contributed by atoms with Gasteiger partial charge in [0.2, 0.25) is 0 Å². The number of carbonyl (C=O) groups excluding carboxylic acids is 1. The molecule has 2 aliphatic rings. The zero-order chi connectivity index (χ0) is 16.0. The molecule has 2 saturated heterocycles. The van der Waals surface area contributed by atoms with Crippen LogP contribution in [0.2, 0.25) is 0 Å². The standard InChI is InChI=1S/C17H21N3O3/c1-12-4-2-5-15-18-13(10-20(12)15)16(22)19-8-7-17(14(21)11-19)6-3-9-23-17/h2,4-5,10,14,21H,3,6-9,11H2,1H3/t14-,17-/m0/s1. The minimum absolute atomic E-state index is 0.125. The fourth-order valence-electron chi connectivity index (χ4n) is 3.73. The molecule has 2 aromatic rings. The van der Waals surface area contributed by atoms with Crippen LogP contribution in [-0.4, -0.2) is 56.7 Å². The maximum atomic E-state index is 12.7.